The first-order valence-electron chi connectivity index (χ1n) is 14.8. The van der Waals surface area contributed by atoms with Crippen molar-refractivity contribution in [1.82, 2.24) is 19.4 Å². The highest BCUT2D eigenvalue weighted by atomic mass is 16.5. The molecular formula is C35H40N4O4. The van der Waals surface area contributed by atoms with E-state index in [-0.39, 0.29) is 5.41 Å². The molecule has 8 heteroatoms. The summed E-state index contributed by atoms with van der Waals surface area (Å²) in [4.78, 5) is 34.0. The van der Waals surface area contributed by atoms with E-state index in [0.29, 0.717) is 24.1 Å². The molecule has 43 heavy (non-hydrogen) atoms. The van der Waals surface area contributed by atoms with Gasteiger partial charge in [-0.15, -0.1) is 0 Å². The van der Waals surface area contributed by atoms with Gasteiger partial charge in [0.25, 0.3) is 5.56 Å². The number of aromatic amines is 1. The van der Waals surface area contributed by atoms with Crippen molar-refractivity contribution in [2.45, 2.75) is 60.2 Å². The van der Waals surface area contributed by atoms with Crippen LogP contribution in [0.15, 0.2) is 86.8 Å². The van der Waals surface area contributed by atoms with Gasteiger partial charge >= 0.3 is 5.76 Å². The zero-order valence-corrected chi connectivity index (χ0v) is 25.6. The fourth-order valence-electron chi connectivity index (χ4n) is 5.52. The number of methoxy groups -OCH3 is 1. The third kappa shape index (κ3) is 7.14. The number of aromatic nitrogens is 3. The van der Waals surface area contributed by atoms with E-state index in [4.69, 9.17) is 14.1 Å². The molecule has 0 fully saturated rings. The Morgan fingerprint density at radius 1 is 0.953 bits per heavy atom. The molecule has 0 aliphatic rings. The molecule has 3 aromatic carbocycles. The summed E-state index contributed by atoms with van der Waals surface area (Å²) in [5, 5.41) is 0.359. The number of hydrogen-bond donors (Lipinski definition) is 1. The van der Waals surface area contributed by atoms with Crippen LogP contribution in [-0.2, 0) is 19.6 Å². The lowest BCUT2D eigenvalue weighted by Crippen LogP contribution is -2.33. The lowest BCUT2D eigenvalue weighted by molar-refractivity contribution is 0.173. The number of rotatable bonds is 11. The molecule has 8 nitrogen and oxygen atoms in total. The van der Waals surface area contributed by atoms with Crippen LogP contribution in [0.4, 0.5) is 0 Å². The van der Waals surface area contributed by atoms with E-state index in [2.05, 4.69) is 78.5 Å². The Kier molecular flexibility index (Phi) is 8.97. The highest BCUT2D eigenvalue weighted by molar-refractivity contribution is 5.76. The smallest absolute Gasteiger partial charge is 0.419 e. The molecule has 5 rings (SSSR count). The van der Waals surface area contributed by atoms with Crippen LogP contribution < -0.4 is 16.1 Å². The van der Waals surface area contributed by atoms with Crippen LogP contribution in [0.5, 0.6) is 5.75 Å². The normalized spacial score (nSPS) is 11.9. The monoisotopic (exact) mass is 580 g/mol. The average molecular weight is 581 g/mol. The number of benzene rings is 3. The fraction of sp³-hybridized carbons (Fsp3) is 0.343. The number of H-pyrrole nitrogens is 1. The number of hydrogen-bond acceptors (Lipinski definition) is 6. The molecule has 0 atom stereocenters. The predicted octanol–water partition coefficient (Wildman–Crippen LogP) is 6.87. The van der Waals surface area contributed by atoms with Crippen molar-refractivity contribution in [3.63, 3.8) is 0 Å². The topological polar surface area (TPSA) is 93.4 Å². The van der Waals surface area contributed by atoms with Gasteiger partial charge in [0.1, 0.15) is 17.2 Å². The van der Waals surface area contributed by atoms with Crippen molar-refractivity contribution < 1.29 is 9.15 Å². The number of unbranched alkanes of at least 4 members (excludes halogenated alkanes) is 1. The summed E-state index contributed by atoms with van der Waals surface area (Å²) in [6.45, 7) is 11.8. The number of imidazole rings is 1. The minimum absolute atomic E-state index is 0.0113. The van der Waals surface area contributed by atoms with Gasteiger partial charge in [-0.05, 0) is 53.8 Å². The van der Waals surface area contributed by atoms with Crippen LogP contribution in [0, 0.1) is 5.41 Å². The first-order valence-corrected chi connectivity index (χ1v) is 14.8. The first kappa shape index (κ1) is 30.0. The van der Waals surface area contributed by atoms with Crippen molar-refractivity contribution in [2.24, 2.45) is 5.41 Å². The zero-order valence-electron chi connectivity index (χ0n) is 25.6. The van der Waals surface area contributed by atoms with Gasteiger partial charge in [-0.25, -0.2) is 9.78 Å². The molecule has 5 aromatic rings. The van der Waals surface area contributed by atoms with Gasteiger partial charge in [-0.2, -0.15) is 0 Å². The minimum atomic E-state index is -0.751. The van der Waals surface area contributed by atoms with E-state index >= 15 is 0 Å². The van der Waals surface area contributed by atoms with Crippen LogP contribution >= 0.6 is 0 Å². The van der Waals surface area contributed by atoms with Crippen molar-refractivity contribution in [3.05, 3.63) is 105 Å². The molecule has 2 heterocycles. The molecule has 224 valence electrons. The molecular weight excluding hydrogens is 540 g/mol. The average Bonchev–Trinajstić information content (AvgIpc) is 3.33. The van der Waals surface area contributed by atoms with E-state index in [1.54, 1.807) is 19.2 Å². The summed E-state index contributed by atoms with van der Waals surface area (Å²) >= 11 is 0. The van der Waals surface area contributed by atoms with Gasteiger partial charge in [0, 0.05) is 37.3 Å². The molecule has 0 amide bonds. The summed E-state index contributed by atoms with van der Waals surface area (Å²) in [6.07, 6.45) is 2.10. The molecule has 0 bridgehead atoms. The fourth-order valence-corrected chi connectivity index (χ4v) is 5.52. The Labute approximate surface area is 252 Å². The van der Waals surface area contributed by atoms with Crippen LogP contribution in [0.3, 0.4) is 0 Å². The van der Waals surface area contributed by atoms with Crippen LogP contribution in [0.1, 0.15) is 51.8 Å². The SMILES string of the molecule is CCCCn1c(-c2ccccc2)nc(-c2ccc(OC)cc2)c1CN(Cc1ccc2c(=O)[nH]c(=O)oc2c1)CC(C)(C)C. The van der Waals surface area contributed by atoms with E-state index in [1.165, 1.54) is 0 Å². The van der Waals surface area contributed by atoms with Crippen LogP contribution in [0.2, 0.25) is 0 Å². The maximum absolute atomic E-state index is 12.3. The van der Waals surface area contributed by atoms with Crippen LogP contribution in [0.25, 0.3) is 33.6 Å². The van der Waals surface area contributed by atoms with Gasteiger partial charge in [0.2, 0.25) is 0 Å². The summed E-state index contributed by atoms with van der Waals surface area (Å²) in [7, 11) is 1.67. The number of nitrogens with zero attached hydrogens (tertiary/aromatic N) is 3. The second kappa shape index (κ2) is 12.8. The van der Waals surface area contributed by atoms with Gasteiger partial charge in [0.15, 0.2) is 0 Å². The third-order valence-electron chi connectivity index (χ3n) is 7.39. The highest BCUT2D eigenvalue weighted by Gasteiger charge is 2.24. The van der Waals surface area contributed by atoms with Gasteiger partial charge in [0.05, 0.1) is 23.9 Å². The number of fused-ring (bicyclic) bond motifs is 1. The van der Waals surface area contributed by atoms with E-state index in [0.717, 1.165) is 65.6 Å². The molecule has 1 N–H and O–H groups in total. The first-order chi connectivity index (χ1) is 20.6. The maximum atomic E-state index is 12.3. The molecule has 0 unspecified atom stereocenters. The molecule has 0 saturated heterocycles. The number of nitrogens with one attached hydrogen (secondary N) is 1. The van der Waals surface area contributed by atoms with Crippen molar-refractivity contribution >= 4 is 11.0 Å². The largest absolute Gasteiger partial charge is 0.497 e. The van der Waals surface area contributed by atoms with Crippen molar-refractivity contribution in [2.75, 3.05) is 13.7 Å². The Morgan fingerprint density at radius 2 is 1.70 bits per heavy atom. The quantitative estimate of drug-likeness (QED) is 0.183. The predicted molar refractivity (Wildman–Crippen MR) is 171 cm³/mol. The van der Waals surface area contributed by atoms with E-state index in [1.807, 2.05) is 24.3 Å². The Hall–Kier alpha value is -4.43. The molecule has 2 aromatic heterocycles. The number of ether oxygens (including phenoxy) is 1. The summed E-state index contributed by atoms with van der Waals surface area (Å²) in [5.41, 5.74) is 5.03. The van der Waals surface area contributed by atoms with Crippen LogP contribution in [-0.4, -0.2) is 33.1 Å². The second-order valence-corrected chi connectivity index (χ2v) is 12.2. The molecule has 0 spiro atoms. The molecule has 0 aliphatic carbocycles. The highest BCUT2D eigenvalue weighted by Crippen LogP contribution is 2.33. The Morgan fingerprint density at radius 3 is 2.37 bits per heavy atom. The van der Waals surface area contributed by atoms with Gasteiger partial charge in [-0.1, -0.05) is 70.5 Å². The lowest BCUT2D eigenvalue weighted by Gasteiger charge is -2.31. The third-order valence-corrected chi connectivity index (χ3v) is 7.39. The lowest BCUT2D eigenvalue weighted by atomic mass is 9.95. The van der Waals surface area contributed by atoms with E-state index < -0.39 is 11.3 Å². The Bertz CT molecular complexity index is 1790. The van der Waals surface area contributed by atoms with Gasteiger partial charge in [-0.3, -0.25) is 14.7 Å². The standard InChI is InChI=1S/C35H40N4O4/c1-6-7-19-39-29(31(25-14-16-27(42-5)17-15-25)36-32(39)26-11-9-8-10-12-26)22-38(23-35(2,3)4)21-24-13-18-28-30(20-24)43-34(41)37-33(28)40/h8-18,20H,6-7,19,21-23H2,1-5H3,(H,37,40,41). The Balaban J connectivity index is 1.62. The van der Waals surface area contributed by atoms with Crippen molar-refractivity contribution in [3.8, 4) is 28.4 Å². The second-order valence-electron chi connectivity index (χ2n) is 12.2. The zero-order chi connectivity index (χ0) is 30.6. The maximum Gasteiger partial charge on any atom is 0.419 e. The summed E-state index contributed by atoms with van der Waals surface area (Å²) in [5.74, 6) is 1.01. The van der Waals surface area contributed by atoms with E-state index in [9.17, 15) is 9.59 Å². The van der Waals surface area contributed by atoms with Crippen molar-refractivity contribution in [1.29, 1.82) is 0 Å². The summed E-state index contributed by atoms with van der Waals surface area (Å²) < 4.78 is 13.2. The molecule has 0 aliphatic heterocycles. The molecule has 0 radical (unpaired) electrons. The minimum Gasteiger partial charge on any atom is -0.497 e. The van der Waals surface area contributed by atoms with Gasteiger partial charge < -0.3 is 13.7 Å². The molecule has 0 saturated carbocycles. The summed E-state index contributed by atoms with van der Waals surface area (Å²) in [6, 6.07) is 23.9.